The van der Waals surface area contributed by atoms with Gasteiger partial charge in [0.15, 0.2) is 0 Å². The number of hydrogen-bond donors (Lipinski definition) is 2. The molecule has 1 aromatic carbocycles. The first kappa shape index (κ1) is 18.3. The summed E-state index contributed by atoms with van der Waals surface area (Å²) in [5.41, 5.74) is 0.904. The normalized spacial score (nSPS) is 13.1. The molecule has 0 fully saturated rings. The first-order valence-corrected chi connectivity index (χ1v) is 7.38. The highest BCUT2D eigenvalue weighted by Gasteiger charge is 2.30. The SMILES string of the molecule is Cc1noc(C)c1CNCC(O)COc1cccc(C(F)(F)F)c1. The van der Waals surface area contributed by atoms with E-state index in [1.807, 2.05) is 6.92 Å². The van der Waals surface area contributed by atoms with Crippen LogP contribution < -0.4 is 10.1 Å². The minimum Gasteiger partial charge on any atom is -0.491 e. The number of ether oxygens (including phenoxy) is 1. The number of rotatable bonds is 7. The largest absolute Gasteiger partial charge is 0.491 e. The average Bonchev–Trinajstić information content (AvgIpc) is 2.84. The van der Waals surface area contributed by atoms with Gasteiger partial charge in [-0.15, -0.1) is 0 Å². The minimum atomic E-state index is -4.42. The number of aliphatic hydroxyl groups is 1. The quantitative estimate of drug-likeness (QED) is 0.808. The van der Waals surface area contributed by atoms with Gasteiger partial charge in [-0.05, 0) is 32.0 Å². The molecule has 0 spiro atoms. The van der Waals surface area contributed by atoms with Crippen molar-refractivity contribution in [1.82, 2.24) is 10.5 Å². The van der Waals surface area contributed by atoms with Gasteiger partial charge in [-0.1, -0.05) is 11.2 Å². The van der Waals surface area contributed by atoms with Gasteiger partial charge < -0.3 is 19.7 Å². The van der Waals surface area contributed by atoms with Crippen LogP contribution in [0, 0.1) is 13.8 Å². The van der Waals surface area contributed by atoms with Crippen LogP contribution in [0.5, 0.6) is 5.75 Å². The second-order valence-electron chi connectivity index (χ2n) is 5.42. The molecule has 132 valence electrons. The first-order valence-electron chi connectivity index (χ1n) is 7.38. The van der Waals surface area contributed by atoms with Crippen LogP contribution >= 0.6 is 0 Å². The third kappa shape index (κ3) is 4.97. The highest BCUT2D eigenvalue weighted by molar-refractivity contribution is 5.30. The molecule has 1 atom stereocenters. The number of aryl methyl sites for hydroxylation is 2. The molecular weight excluding hydrogens is 325 g/mol. The first-order chi connectivity index (χ1) is 11.3. The van der Waals surface area contributed by atoms with Crippen LogP contribution in [0.3, 0.4) is 0 Å². The molecular formula is C16H19F3N2O3. The zero-order valence-corrected chi connectivity index (χ0v) is 13.4. The number of halogens is 3. The molecule has 5 nitrogen and oxygen atoms in total. The van der Waals surface area contributed by atoms with Crippen molar-refractivity contribution in [2.45, 2.75) is 32.7 Å². The van der Waals surface area contributed by atoms with Crippen molar-refractivity contribution in [2.24, 2.45) is 0 Å². The number of hydrogen-bond acceptors (Lipinski definition) is 5. The second kappa shape index (κ2) is 7.67. The van der Waals surface area contributed by atoms with Crippen LogP contribution in [0.25, 0.3) is 0 Å². The number of nitrogens with one attached hydrogen (secondary N) is 1. The molecule has 0 bridgehead atoms. The molecule has 0 aliphatic carbocycles. The van der Waals surface area contributed by atoms with E-state index in [9.17, 15) is 18.3 Å². The van der Waals surface area contributed by atoms with Gasteiger partial charge in [0.05, 0.1) is 11.3 Å². The molecule has 2 rings (SSSR count). The maximum Gasteiger partial charge on any atom is 0.416 e. The summed E-state index contributed by atoms with van der Waals surface area (Å²) in [4.78, 5) is 0. The van der Waals surface area contributed by atoms with Crippen molar-refractivity contribution in [3.05, 3.63) is 46.8 Å². The van der Waals surface area contributed by atoms with Gasteiger partial charge in [-0.3, -0.25) is 0 Å². The number of aromatic nitrogens is 1. The fraction of sp³-hybridized carbons (Fsp3) is 0.438. The number of aliphatic hydroxyl groups excluding tert-OH is 1. The van der Waals surface area contributed by atoms with Crippen molar-refractivity contribution in [3.63, 3.8) is 0 Å². The maximum absolute atomic E-state index is 12.6. The van der Waals surface area contributed by atoms with Gasteiger partial charge in [0.25, 0.3) is 0 Å². The molecule has 1 heterocycles. The van der Waals surface area contributed by atoms with E-state index in [0.717, 1.165) is 23.4 Å². The number of alkyl halides is 3. The van der Waals surface area contributed by atoms with Crippen molar-refractivity contribution < 1.29 is 27.5 Å². The summed E-state index contributed by atoms with van der Waals surface area (Å²) >= 11 is 0. The summed E-state index contributed by atoms with van der Waals surface area (Å²) < 4.78 is 48.1. The molecule has 2 aromatic rings. The smallest absolute Gasteiger partial charge is 0.416 e. The molecule has 1 unspecified atom stereocenters. The lowest BCUT2D eigenvalue weighted by atomic mass is 10.2. The van der Waals surface area contributed by atoms with E-state index in [4.69, 9.17) is 9.26 Å². The molecule has 0 saturated heterocycles. The van der Waals surface area contributed by atoms with Crippen molar-refractivity contribution >= 4 is 0 Å². The predicted molar refractivity (Wildman–Crippen MR) is 80.6 cm³/mol. The predicted octanol–water partition coefficient (Wildman–Crippen LogP) is 2.84. The zero-order chi connectivity index (χ0) is 17.7. The third-order valence-electron chi connectivity index (χ3n) is 3.47. The Kier molecular flexibility index (Phi) is 5.84. The summed E-state index contributed by atoms with van der Waals surface area (Å²) in [6.07, 6.45) is -5.28. The summed E-state index contributed by atoms with van der Waals surface area (Å²) in [6, 6.07) is 4.55. The highest BCUT2D eigenvalue weighted by atomic mass is 19.4. The van der Waals surface area contributed by atoms with E-state index < -0.39 is 17.8 Å². The summed E-state index contributed by atoms with van der Waals surface area (Å²) in [7, 11) is 0. The molecule has 2 N–H and O–H groups in total. The second-order valence-corrected chi connectivity index (χ2v) is 5.42. The van der Waals surface area contributed by atoms with E-state index in [0.29, 0.717) is 12.3 Å². The lowest BCUT2D eigenvalue weighted by molar-refractivity contribution is -0.137. The van der Waals surface area contributed by atoms with E-state index in [1.165, 1.54) is 12.1 Å². The van der Waals surface area contributed by atoms with Crippen molar-refractivity contribution in [3.8, 4) is 5.75 Å². The van der Waals surface area contributed by atoms with Gasteiger partial charge in [-0.25, -0.2) is 0 Å². The molecule has 0 aliphatic rings. The van der Waals surface area contributed by atoms with Gasteiger partial charge in [0.2, 0.25) is 0 Å². The van der Waals surface area contributed by atoms with Crippen LogP contribution in [0.4, 0.5) is 13.2 Å². The van der Waals surface area contributed by atoms with Gasteiger partial charge >= 0.3 is 6.18 Å². The van der Waals surface area contributed by atoms with Crippen molar-refractivity contribution in [1.29, 1.82) is 0 Å². The van der Waals surface area contributed by atoms with Crippen molar-refractivity contribution in [2.75, 3.05) is 13.2 Å². The summed E-state index contributed by atoms with van der Waals surface area (Å²) in [5, 5.41) is 16.7. The van der Waals surface area contributed by atoms with Gasteiger partial charge in [0, 0.05) is 18.7 Å². The highest BCUT2D eigenvalue weighted by Crippen LogP contribution is 2.31. The Balaban J connectivity index is 1.78. The molecule has 0 amide bonds. The summed E-state index contributed by atoms with van der Waals surface area (Å²) in [5.74, 6) is 0.768. The fourth-order valence-corrected chi connectivity index (χ4v) is 2.13. The van der Waals surface area contributed by atoms with E-state index in [2.05, 4.69) is 10.5 Å². The Morgan fingerprint density at radius 1 is 1.33 bits per heavy atom. The number of nitrogens with zero attached hydrogens (tertiary/aromatic N) is 1. The molecule has 1 aromatic heterocycles. The Morgan fingerprint density at radius 2 is 2.08 bits per heavy atom. The molecule has 0 saturated carbocycles. The topological polar surface area (TPSA) is 67.5 Å². The van der Waals surface area contributed by atoms with Crippen LogP contribution in [0.2, 0.25) is 0 Å². The lowest BCUT2D eigenvalue weighted by Crippen LogP contribution is -2.31. The minimum absolute atomic E-state index is 0.0644. The number of benzene rings is 1. The standard InChI is InChI=1S/C16H19F3N2O3/c1-10-15(11(2)24-21-10)8-20-7-13(22)9-23-14-5-3-4-12(6-14)16(17,18)19/h3-6,13,20,22H,7-9H2,1-2H3. The zero-order valence-electron chi connectivity index (χ0n) is 13.4. The molecule has 0 radical (unpaired) electrons. The summed E-state index contributed by atoms with van der Waals surface area (Å²) in [6.45, 7) is 4.20. The average molecular weight is 344 g/mol. The molecule has 0 aliphatic heterocycles. The Bertz CT molecular complexity index is 651. The van der Waals surface area contributed by atoms with Crippen LogP contribution in [-0.2, 0) is 12.7 Å². The maximum atomic E-state index is 12.6. The van der Waals surface area contributed by atoms with Crippen LogP contribution in [-0.4, -0.2) is 29.5 Å². The van der Waals surface area contributed by atoms with Gasteiger partial charge in [-0.2, -0.15) is 13.2 Å². The van der Waals surface area contributed by atoms with Gasteiger partial charge in [0.1, 0.15) is 24.2 Å². The fourth-order valence-electron chi connectivity index (χ4n) is 2.13. The van der Waals surface area contributed by atoms with Crippen LogP contribution in [0.15, 0.2) is 28.8 Å². The van der Waals surface area contributed by atoms with E-state index in [-0.39, 0.29) is 18.9 Å². The monoisotopic (exact) mass is 344 g/mol. The lowest BCUT2D eigenvalue weighted by Gasteiger charge is -2.14. The van der Waals surface area contributed by atoms with Crippen LogP contribution in [0.1, 0.15) is 22.6 Å². The Morgan fingerprint density at radius 3 is 2.71 bits per heavy atom. The van der Waals surface area contributed by atoms with E-state index >= 15 is 0 Å². The molecule has 24 heavy (non-hydrogen) atoms. The third-order valence-corrected chi connectivity index (χ3v) is 3.47. The Labute approximate surface area is 137 Å². The van der Waals surface area contributed by atoms with E-state index in [1.54, 1.807) is 6.92 Å². The molecule has 8 heteroatoms. The Hall–Kier alpha value is -2.06.